The molecule has 1 aliphatic heterocycles. The van der Waals surface area contributed by atoms with E-state index >= 15 is 0 Å². The lowest BCUT2D eigenvalue weighted by Gasteiger charge is -2.20. The fourth-order valence-electron chi connectivity index (χ4n) is 3.96. The molecule has 1 N–H and O–H groups in total. The minimum atomic E-state index is -0.157. The van der Waals surface area contributed by atoms with E-state index in [1.807, 2.05) is 54.6 Å². The molecular formula is C26H26N2O3. The van der Waals surface area contributed by atoms with E-state index in [-0.39, 0.29) is 11.8 Å². The van der Waals surface area contributed by atoms with Gasteiger partial charge in [0.2, 0.25) is 5.91 Å². The zero-order valence-electron chi connectivity index (χ0n) is 17.6. The third-order valence-electron chi connectivity index (χ3n) is 5.59. The van der Waals surface area contributed by atoms with Crippen LogP contribution < -0.4 is 15.0 Å². The van der Waals surface area contributed by atoms with Crippen molar-refractivity contribution in [2.75, 3.05) is 23.9 Å². The maximum atomic E-state index is 13.0. The van der Waals surface area contributed by atoms with Gasteiger partial charge in [-0.1, -0.05) is 48.5 Å². The fraction of sp³-hybridized carbons (Fsp3) is 0.231. The molecule has 3 aromatic rings. The molecule has 2 amide bonds. The minimum absolute atomic E-state index is 0.0995. The molecule has 0 atom stereocenters. The Kier molecular flexibility index (Phi) is 6.32. The molecule has 0 aromatic heterocycles. The highest BCUT2D eigenvalue weighted by Crippen LogP contribution is 2.34. The minimum Gasteiger partial charge on any atom is -0.494 e. The molecule has 0 spiro atoms. The second-order valence-electron chi connectivity index (χ2n) is 7.63. The fourth-order valence-corrected chi connectivity index (χ4v) is 3.96. The summed E-state index contributed by atoms with van der Waals surface area (Å²) in [6, 6.07) is 23.4. The van der Waals surface area contributed by atoms with E-state index < -0.39 is 0 Å². The van der Waals surface area contributed by atoms with Crippen LogP contribution in [0.3, 0.4) is 0 Å². The number of methoxy groups -OCH3 is 1. The molecule has 1 heterocycles. The number of carbonyl (C=O) groups is 2. The van der Waals surface area contributed by atoms with Gasteiger partial charge in [-0.25, -0.2) is 0 Å². The number of anilines is 2. The van der Waals surface area contributed by atoms with Gasteiger partial charge in [0.15, 0.2) is 0 Å². The molecule has 1 fully saturated rings. The van der Waals surface area contributed by atoms with Crippen LogP contribution in [0.5, 0.6) is 5.75 Å². The molecule has 5 nitrogen and oxygen atoms in total. The highest BCUT2D eigenvalue weighted by atomic mass is 16.5. The molecule has 0 radical (unpaired) electrons. The first-order chi connectivity index (χ1) is 15.2. The first-order valence-corrected chi connectivity index (χ1v) is 10.6. The van der Waals surface area contributed by atoms with Crippen LogP contribution in [0.1, 0.15) is 34.3 Å². The van der Waals surface area contributed by atoms with Gasteiger partial charge in [-0.3, -0.25) is 9.59 Å². The summed E-state index contributed by atoms with van der Waals surface area (Å²) >= 11 is 0. The van der Waals surface area contributed by atoms with Gasteiger partial charge in [0, 0.05) is 30.3 Å². The average Bonchev–Trinajstić information content (AvgIpc) is 3.24. The first-order valence-electron chi connectivity index (χ1n) is 10.6. The van der Waals surface area contributed by atoms with E-state index in [4.69, 9.17) is 4.74 Å². The second-order valence-corrected chi connectivity index (χ2v) is 7.63. The number of benzene rings is 3. The van der Waals surface area contributed by atoms with E-state index in [0.717, 1.165) is 30.5 Å². The molecule has 0 aliphatic carbocycles. The lowest BCUT2D eigenvalue weighted by Crippen LogP contribution is -2.24. The van der Waals surface area contributed by atoms with E-state index in [2.05, 4.69) is 17.4 Å². The Bertz CT molecular complexity index is 1080. The molecule has 5 heteroatoms. The Morgan fingerprint density at radius 1 is 1.00 bits per heavy atom. The molecule has 158 valence electrons. The lowest BCUT2D eigenvalue weighted by atomic mass is 9.99. The topological polar surface area (TPSA) is 58.6 Å². The molecule has 0 unspecified atom stereocenters. The van der Waals surface area contributed by atoms with E-state index in [9.17, 15) is 9.59 Å². The number of nitrogens with zero attached hydrogens (tertiary/aromatic N) is 1. The number of hydrogen-bond acceptors (Lipinski definition) is 3. The first kappa shape index (κ1) is 20.7. The predicted molar refractivity (Wildman–Crippen MR) is 123 cm³/mol. The number of aryl methyl sites for hydroxylation is 2. The summed E-state index contributed by atoms with van der Waals surface area (Å²) in [5.41, 5.74) is 4.29. The number of nitrogens with one attached hydrogen (secondary N) is 1. The van der Waals surface area contributed by atoms with E-state index in [0.29, 0.717) is 30.0 Å². The summed E-state index contributed by atoms with van der Waals surface area (Å²) in [6.45, 7) is 0.690. The van der Waals surface area contributed by atoms with Crippen molar-refractivity contribution >= 4 is 23.2 Å². The van der Waals surface area contributed by atoms with Gasteiger partial charge in [-0.15, -0.1) is 0 Å². The van der Waals surface area contributed by atoms with Crippen molar-refractivity contribution in [1.82, 2.24) is 0 Å². The molecule has 1 aliphatic rings. The summed E-state index contributed by atoms with van der Waals surface area (Å²) < 4.78 is 5.50. The maximum absolute atomic E-state index is 13.0. The van der Waals surface area contributed by atoms with Crippen LogP contribution in [-0.4, -0.2) is 25.5 Å². The number of amides is 2. The van der Waals surface area contributed by atoms with Crippen LogP contribution in [-0.2, 0) is 17.6 Å². The van der Waals surface area contributed by atoms with Gasteiger partial charge in [0.05, 0.1) is 12.8 Å². The van der Waals surface area contributed by atoms with Gasteiger partial charge >= 0.3 is 0 Å². The van der Waals surface area contributed by atoms with Gasteiger partial charge in [-0.2, -0.15) is 0 Å². The summed E-state index contributed by atoms with van der Waals surface area (Å²) in [7, 11) is 1.57. The van der Waals surface area contributed by atoms with E-state index in [1.165, 1.54) is 5.56 Å². The third-order valence-corrected chi connectivity index (χ3v) is 5.59. The van der Waals surface area contributed by atoms with Gasteiger partial charge in [0.1, 0.15) is 5.75 Å². The summed E-state index contributed by atoms with van der Waals surface area (Å²) in [5, 5.41) is 2.98. The normalized spacial score (nSPS) is 13.3. The Morgan fingerprint density at radius 3 is 2.52 bits per heavy atom. The van der Waals surface area contributed by atoms with Gasteiger partial charge in [-0.05, 0) is 48.6 Å². The van der Waals surface area contributed by atoms with Crippen LogP contribution in [0.25, 0.3) is 0 Å². The van der Waals surface area contributed by atoms with Crippen LogP contribution in [0.4, 0.5) is 11.4 Å². The standard InChI is InChI=1S/C26H26N2O3/c1-31-24-18-21(15-16-23(24)28-17-7-12-25(28)29)27-26(30)22-11-6-5-10-20(22)14-13-19-8-3-2-4-9-19/h2-6,8-11,15-16,18H,7,12-14,17H2,1H3,(H,27,30). The zero-order valence-corrected chi connectivity index (χ0v) is 17.6. The third kappa shape index (κ3) is 4.77. The molecule has 0 saturated carbocycles. The largest absolute Gasteiger partial charge is 0.494 e. The Morgan fingerprint density at radius 2 is 1.77 bits per heavy atom. The van der Waals surface area contributed by atoms with Crippen molar-refractivity contribution in [3.63, 3.8) is 0 Å². The van der Waals surface area contributed by atoms with Crippen molar-refractivity contribution < 1.29 is 14.3 Å². The molecule has 3 aromatic carbocycles. The predicted octanol–water partition coefficient (Wildman–Crippen LogP) is 4.86. The number of ether oxygens (including phenoxy) is 1. The van der Waals surface area contributed by atoms with Crippen molar-refractivity contribution in [2.24, 2.45) is 0 Å². The zero-order chi connectivity index (χ0) is 21.6. The van der Waals surface area contributed by atoms with E-state index in [1.54, 1.807) is 18.1 Å². The molecular weight excluding hydrogens is 388 g/mol. The molecule has 1 saturated heterocycles. The van der Waals surface area contributed by atoms with Crippen molar-refractivity contribution in [2.45, 2.75) is 25.7 Å². The quantitative estimate of drug-likeness (QED) is 0.601. The SMILES string of the molecule is COc1cc(NC(=O)c2ccccc2CCc2ccccc2)ccc1N1CCCC1=O. The van der Waals surface area contributed by atoms with Crippen molar-refractivity contribution in [3.05, 3.63) is 89.5 Å². The monoisotopic (exact) mass is 414 g/mol. The summed E-state index contributed by atoms with van der Waals surface area (Å²) in [4.78, 5) is 26.9. The average molecular weight is 415 g/mol. The summed E-state index contributed by atoms with van der Waals surface area (Å²) in [6.07, 6.45) is 3.06. The molecule has 0 bridgehead atoms. The number of carbonyl (C=O) groups excluding carboxylic acids is 2. The van der Waals surface area contributed by atoms with Crippen molar-refractivity contribution in [1.29, 1.82) is 0 Å². The molecule has 4 rings (SSSR count). The number of hydrogen-bond donors (Lipinski definition) is 1. The second kappa shape index (κ2) is 9.47. The van der Waals surface area contributed by atoms with Crippen LogP contribution in [0.15, 0.2) is 72.8 Å². The van der Waals surface area contributed by atoms with Crippen LogP contribution in [0, 0.1) is 0 Å². The smallest absolute Gasteiger partial charge is 0.255 e. The lowest BCUT2D eigenvalue weighted by molar-refractivity contribution is -0.117. The number of rotatable bonds is 7. The Labute approximate surface area is 182 Å². The Balaban J connectivity index is 1.50. The Hall–Kier alpha value is -3.60. The highest BCUT2D eigenvalue weighted by Gasteiger charge is 2.24. The highest BCUT2D eigenvalue weighted by molar-refractivity contribution is 6.06. The van der Waals surface area contributed by atoms with Gasteiger partial charge < -0.3 is 15.0 Å². The summed E-state index contributed by atoms with van der Waals surface area (Å²) in [5.74, 6) is 0.517. The van der Waals surface area contributed by atoms with Gasteiger partial charge in [0.25, 0.3) is 5.91 Å². The van der Waals surface area contributed by atoms with Crippen LogP contribution in [0.2, 0.25) is 0 Å². The van der Waals surface area contributed by atoms with Crippen molar-refractivity contribution in [3.8, 4) is 5.75 Å². The van der Waals surface area contributed by atoms with Crippen LogP contribution >= 0.6 is 0 Å². The maximum Gasteiger partial charge on any atom is 0.255 e. The molecule has 31 heavy (non-hydrogen) atoms.